The molecule has 0 heterocycles. The Morgan fingerprint density at radius 1 is 1.27 bits per heavy atom. The van der Waals surface area contributed by atoms with E-state index in [1.54, 1.807) is 0 Å². The molecule has 1 atom stereocenters. The molecule has 0 spiro atoms. The van der Waals surface area contributed by atoms with Gasteiger partial charge in [-0.2, -0.15) is 0 Å². The van der Waals surface area contributed by atoms with Crippen molar-refractivity contribution in [2.45, 2.75) is 66.4 Å². The van der Waals surface area contributed by atoms with E-state index in [0.29, 0.717) is 5.92 Å². The number of carbonyl (C=O) groups is 1. The lowest BCUT2D eigenvalue weighted by Gasteiger charge is -2.32. The van der Waals surface area contributed by atoms with Gasteiger partial charge in [0.25, 0.3) is 0 Å². The normalized spacial score (nSPS) is 14.1. The Morgan fingerprint density at radius 3 is 2.20 bits per heavy atom. The van der Waals surface area contributed by atoms with Crippen LogP contribution in [-0.2, 0) is 9.53 Å². The Bertz CT molecular complexity index is 195. The van der Waals surface area contributed by atoms with Gasteiger partial charge < -0.3 is 4.74 Å². The molecule has 0 aromatic heterocycles. The van der Waals surface area contributed by atoms with E-state index < -0.39 is 0 Å². The van der Waals surface area contributed by atoms with Gasteiger partial charge in [-0.3, -0.25) is 4.79 Å². The number of hydrogen-bond acceptors (Lipinski definition) is 2. The Morgan fingerprint density at radius 2 is 1.80 bits per heavy atom. The van der Waals surface area contributed by atoms with Gasteiger partial charge in [-0.1, -0.05) is 40.5 Å². The fourth-order valence-corrected chi connectivity index (χ4v) is 1.34. The number of rotatable bonds is 6. The molecule has 15 heavy (non-hydrogen) atoms. The van der Waals surface area contributed by atoms with Crippen LogP contribution < -0.4 is 0 Å². The first kappa shape index (κ1) is 14.5. The average molecular weight is 214 g/mol. The second kappa shape index (κ2) is 6.14. The monoisotopic (exact) mass is 214 g/mol. The van der Waals surface area contributed by atoms with Crippen molar-refractivity contribution in [3.05, 3.63) is 0 Å². The summed E-state index contributed by atoms with van der Waals surface area (Å²) in [6, 6.07) is 0. The zero-order valence-corrected chi connectivity index (χ0v) is 11.1. The highest BCUT2D eigenvalue weighted by atomic mass is 16.6. The smallest absolute Gasteiger partial charge is 0.308 e. The van der Waals surface area contributed by atoms with Crippen molar-refractivity contribution in [2.75, 3.05) is 0 Å². The topological polar surface area (TPSA) is 26.3 Å². The van der Waals surface area contributed by atoms with Gasteiger partial charge in [0.2, 0.25) is 0 Å². The van der Waals surface area contributed by atoms with Gasteiger partial charge >= 0.3 is 5.97 Å². The molecule has 0 aliphatic heterocycles. The van der Waals surface area contributed by atoms with Crippen LogP contribution >= 0.6 is 0 Å². The standard InChI is InChI=1S/C13H26O2/c1-7-8-9-11(4)13(5,6)15-12(14)10(2)3/h10-11H,7-9H2,1-6H3. The quantitative estimate of drug-likeness (QED) is 0.629. The molecule has 0 bridgehead atoms. The summed E-state index contributed by atoms with van der Waals surface area (Å²) < 4.78 is 5.52. The second-order valence-electron chi connectivity index (χ2n) is 5.22. The number of carbonyl (C=O) groups excluding carboxylic acids is 1. The molecule has 0 saturated carbocycles. The summed E-state index contributed by atoms with van der Waals surface area (Å²) >= 11 is 0. The number of hydrogen-bond donors (Lipinski definition) is 0. The third-order valence-corrected chi connectivity index (χ3v) is 3.01. The summed E-state index contributed by atoms with van der Waals surface area (Å²) in [5.74, 6) is 0.283. The molecular weight excluding hydrogens is 188 g/mol. The van der Waals surface area contributed by atoms with Crippen LogP contribution in [0.3, 0.4) is 0 Å². The first-order valence-corrected chi connectivity index (χ1v) is 6.04. The lowest BCUT2D eigenvalue weighted by Crippen LogP contribution is -2.36. The number of esters is 1. The first-order valence-electron chi connectivity index (χ1n) is 6.04. The Balaban J connectivity index is 4.20. The Labute approximate surface area is 94.4 Å². The van der Waals surface area contributed by atoms with Gasteiger partial charge in [-0.15, -0.1) is 0 Å². The largest absolute Gasteiger partial charge is 0.459 e. The lowest BCUT2D eigenvalue weighted by atomic mass is 9.88. The van der Waals surface area contributed by atoms with E-state index in [1.807, 2.05) is 27.7 Å². The van der Waals surface area contributed by atoms with Crippen molar-refractivity contribution in [3.63, 3.8) is 0 Å². The van der Waals surface area contributed by atoms with Crippen LogP contribution in [0.5, 0.6) is 0 Å². The van der Waals surface area contributed by atoms with Crippen LogP contribution in [0, 0.1) is 11.8 Å². The van der Waals surface area contributed by atoms with Crippen LogP contribution in [-0.4, -0.2) is 11.6 Å². The summed E-state index contributed by atoms with van der Waals surface area (Å²) in [7, 11) is 0. The summed E-state index contributed by atoms with van der Waals surface area (Å²) in [6.07, 6.45) is 3.51. The minimum absolute atomic E-state index is 0.0392. The SMILES string of the molecule is CCCCC(C)C(C)(C)OC(=O)C(C)C. The molecule has 2 heteroatoms. The zero-order chi connectivity index (χ0) is 12.1. The molecule has 0 amide bonds. The molecule has 0 aromatic carbocycles. The highest BCUT2D eigenvalue weighted by molar-refractivity contribution is 5.72. The molecule has 0 aromatic rings. The second-order valence-corrected chi connectivity index (χ2v) is 5.22. The highest BCUT2D eigenvalue weighted by Crippen LogP contribution is 2.26. The third-order valence-electron chi connectivity index (χ3n) is 3.01. The van der Waals surface area contributed by atoms with Crippen molar-refractivity contribution in [1.29, 1.82) is 0 Å². The van der Waals surface area contributed by atoms with E-state index in [4.69, 9.17) is 4.74 Å². The van der Waals surface area contributed by atoms with Gasteiger partial charge in [-0.05, 0) is 26.2 Å². The Hall–Kier alpha value is -0.530. The Kier molecular flexibility index (Phi) is 5.92. The van der Waals surface area contributed by atoms with Crippen molar-refractivity contribution >= 4 is 5.97 Å². The van der Waals surface area contributed by atoms with Gasteiger partial charge in [-0.25, -0.2) is 0 Å². The molecule has 0 aliphatic carbocycles. The van der Waals surface area contributed by atoms with Crippen molar-refractivity contribution < 1.29 is 9.53 Å². The van der Waals surface area contributed by atoms with Crippen LogP contribution in [0.25, 0.3) is 0 Å². The van der Waals surface area contributed by atoms with Crippen molar-refractivity contribution in [3.8, 4) is 0 Å². The molecule has 0 rings (SSSR count). The summed E-state index contributed by atoms with van der Waals surface area (Å²) in [5.41, 5.74) is -0.337. The molecule has 0 fully saturated rings. The fourth-order valence-electron chi connectivity index (χ4n) is 1.34. The van der Waals surface area contributed by atoms with Crippen molar-refractivity contribution in [1.82, 2.24) is 0 Å². The molecule has 90 valence electrons. The molecule has 0 aliphatic rings. The van der Waals surface area contributed by atoms with E-state index in [0.717, 1.165) is 6.42 Å². The number of ether oxygens (including phenoxy) is 1. The van der Waals surface area contributed by atoms with E-state index >= 15 is 0 Å². The zero-order valence-electron chi connectivity index (χ0n) is 11.1. The minimum Gasteiger partial charge on any atom is -0.459 e. The van der Waals surface area contributed by atoms with E-state index in [9.17, 15) is 4.79 Å². The highest BCUT2D eigenvalue weighted by Gasteiger charge is 2.30. The fraction of sp³-hybridized carbons (Fsp3) is 0.923. The number of unbranched alkanes of at least 4 members (excludes halogenated alkanes) is 1. The van der Waals surface area contributed by atoms with Gasteiger partial charge in [0, 0.05) is 0 Å². The van der Waals surface area contributed by atoms with Crippen LogP contribution in [0.2, 0.25) is 0 Å². The van der Waals surface area contributed by atoms with Gasteiger partial charge in [0.05, 0.1) is 5.92 Å². The van der Waals surface area contributed by atoms with Crippen LogP contribution in [0.15, 0.2) is 0 Å². The van der Waals surface area contributed by atoms with Gasteiger partial charge in [0.15, 0.2) is 0 Å². The summed E-state index contributed by atoms with van der Waals surface area (Å²) in [6.45, 7) is 12.1. The van der Waals surface area contributed by atoms with Gasteiger partial charge in [0.1, 0.15) is 5.60 Å². The lowest BCUT2D eigenvalue weighted by molar-refractivity contribution is -0.165. The predicted molar refractivity (Wildman–Crippen MR) is 63.7 cm³/mol. The maximum atomic E-state index is 11.5. The first-order chi connectivity index (χ1) is 6.81. The maximum Gasteiger partial charge on any atom is 0.308 e. The molecule has 0 saturated heterocycles. The van der Waals surface area contributed by atoms with E-state index in [1.165, 1.54) is 12.8 Å². The van der Waals surface area contributed by atoms with E-state index in [-0.39, 0.29) is 17.5 Å². The summed E-state index contributed by atoms with van der Waals surface area (Å²) in [5, 5.41) is 0. The average Bonchev–Trinajstić information content (AvgIpc) is 2.13. The maximum absolute atomic E-state index is 11.5. The predicted octanol–water partition coefficient (Wildman–Crippen LogP) is 3.79. The van der Waals surface area contributed by atoms with E-state index in [2.05, 4.69) is 13.8 Å². The molecule has 1 unspecified atom stereocenters. The van der Waals surface area contributed by atoms with Crippen molar-refractivity contribution in [2.24, 2.45) is 11.8 Å². The third kappa shape index (κ3) is 5.19. The van der Waals surface area contributed by atoms with Crippen LogP contribution in [0.4, 0.5) is 0 Å². The summed E-state index contributed by atoms with van der Waals surface area (Å²) in [4.78, 5) is 11.5. The molecule has 2 nitrogen and oxygen atoms in total. The molecule has 0 radical (unpaired) electrons. The molecular formula is C13H26O2. The van der Waals surface area contributed by atoms with Crippen LogP contribution in [0.1, 0.15) is 60.8 Å². The minimum atomic E-state index is -0.337. The molecule has 0 N–H and O–H groups in total.